The number of nitrogens with two attached hydrogens (primary N) is 1. The highest BCUT2D eigenvalue weighted by Gasteiger charge is 2.18. The van der Waals surface area contributed by atoms with Crippen molar-refractivity contribution in [3.63, 3.8) is 0 Å². The van der Waals surface area contributed by atoms with Crippen molar-refractivity contribution < 1.29 is 9.53 Å². The van der Waals surface area contributed by atoms with Gasteiger partial charge >= 0.3 is 5.43 Å². The summed E-state index contributed by atoms with van der Waals surface area (Å²) in [6.07, 6.45) is 2.37. The molecule has 0 saturated carbocycles. The molecular weight excluding hydrogens is 238 g/mol. The van der Waals surface area contributed by atoms with Crippen LogP contribution in [0.5, 0.6) is 0 Å². The maximum absolute atomic E-state index is 9.59. The van der Waals surface area contributed by atoms with Crippen LogP contribution in [0.15, 0.2) is 24.3 Å². The average Bonchev–Trinajstić information content (AvgIpc) is 2.72. The zero-order chi connectivity index (χ0) is 12.7. The molecule has 2 N–H and O–H groups in total. The molecule has 1 aromatic rings. The fourth-order valence-corrected chi connectivity index (χ4v) is 2.04. The van der Waals surface area contributed by atoms with E-state index in [9.17, 15) is 4.79 Å². The molecule has 0 unspecified atom stereocenters. The third-order valence-corrected chi connectivity index (χ3v) is 2.84. The van der Waals surface area contributed by atoms with Gasteiger partial charge in [0.1, 0.15) is 0 Å². The van der Waals surface area contributed by atoms with E-state index in [1.807, 2.05) is 0 Å². The Kier molecular flexibility index (Phi) is 6.01. The van der Waals surface area contributed by atoms with Gasteiger partial charge in [-0.05, 0) is 43.4 Å². The molecule has 0 fully saturated rings. The Morgan fingerprint density at radius 2 is 1.94 bits per heavy atom. The van der Waals surface area contributed by atoms with Crippen LogP contribution in [0.2, 0.25) is 0 Å². The van der Waals surface area contributed by atoms with Crippen LogP contribution < -0.4 is 5.73 Å². The Morgan fingerprint density at radius 3 is 2.24 bits per heavy atom. The number of hydrogen-bond donors (Lipinski definition) is 1. The Labute approximate surface area is 107 Å². The maximum Gasteiger partial charge on any atom is 0.403 e. The van der Waals surface area contributed by atoms with Crippen LogP contribution in [-0.2, 0) is 17.6 Å². The number of carbonyl (C=O) groups is 1. The van der Waals surface area contributed by atoms with E-state index in [0.717, 1.165) is 6.54 Å². The molecule has 2 rings (SSSR count). The first-order valence-electron chi connectivity index (χ1n) is 5.76. The van der Waals surface area contributed by atoms with Crippen molar-refractivity contribution in [2.24, 2.45) is 11.7 Å². The molecule has 1 aliphatic rings. The zero-order valence-corrected chi connectivity index (χ0v) is 10.7. The summed E-state index contributed by atoms with van der Waals surface area (Å²) < 4.78 is 4.17. The monoisotopic (exact) mass is 255 g/mol. The third kappa shape index (κ3) is 4.75. The van der Waals surface area contributed by atoms with E-state index in [2.05, 4.69) is 29.0 Å². The van der Waals surface area contributed by atoms with E-state index < -0.39 is 5.43 Å². The number of rotatable bonds is 2. The predicted octanol–water partition coefficient (Wildman–Crippen LogP) is 2.74. The van der Waals surface area contributed by atoms with Crippen LogP contribution in [0.1, 0.15) is 18.1 Å². The fourth-order valence-electron chi connectivity index (χ4n) is 1.93. The first kappa shape index (κ1) is 14.0. The highest BCUT2D eigenvalue weighted by Crippen LogP contribution is 2.25. The summed E-state index contributed by atoms with van der Waals surface area (Å²) >= 11 is 4.72. The molecule has 0 aliphatic heterocycles. The van der Waals surface area contributed by atoms with Crippen LogP contribution in [0.3, 0.4) is 0 Å². The van der Waals surface area contributed by atoms with Crippen LogP contribution in [0, 0.1) is 5.92 Å². The van der Waals surface area contributed by atoms with Crippen LogP contribution in [0.25, 0.3) is 0 Å². The minimum absolute atomic E-state index is 0.350. The van der Waals surface area contributed by atoms with E-state index in [4.69, 9.17) is 17.3 Å². The van der Waals surface area contributed by atoms with Crippen molar-refractivity contribution in [1.29, 1.82) is 0 Å². The Bertz CT molecular complexity index is 343. The third-order valence-electron chi connectivity index (χ3n) is 2.73. The van der Waals surface area contributed by atoms with Gasteiger partial charge in [-0.25, -0.2) is 4.79 Å². The van der Waals surface area contributed by atoms with Crippen molar-refractivity contribution in [3.05, 3.63) is 35.4 Å². The maximum atomic E-state index is 9.59. The normalized spacial score (nSPS) is 13.6. The largest absolute Gasteiger partial charge is 0.454 e. The van der Waals surface area contributed by atoms with Gasteiger partial charge in [-0.3, -0.25) is 0 Å². The van der Waals surface area contributed by atoms with Gasteiger partial charge in [-0.15, -0.1) is 0 Å². The van der Waals surface area contributed by atoms with E-state index >= 15 is 0 Å². The van der Waals surface area contributed by atoms with Crippen molar-refractivity contribution >= 4 is 17.0 Å². The van der Waals surface area contributed by atoms with Crippen molar-refractivity contribution in [2.45, 2.75) is 19.8 Å². The van der Waals surface area contributed by atoms with E-state index in [1.165, 1.54) is 24.0 Å². The Hall–Kier alpha value is -1.06. The minimum atomic E-state index is -0.738. The number of halogens is 1. The lowest BCUT2D eigenvalue weighted by Gasteiger charge is -2.01. The van der Waals surface area contributed by atoms with Crippen molar-refractivity contribution in [2.75, 3.05) is 13.2 Å². The summed E-state index contributed by atoms with van der Waals surface area (Å²) in [6.45, 7) is 2.87. The molecule has 3 nitrogen and oxygen atoms in total. The Morgan fingerprint density at radius 1 is 1.41 bits per heavy atom. The topological polar surface area (TPSA) is 52.3 Å². The molecule has 0 atom stereocenters. The highest BCUT2D eigenvalue weighted by atomic mass is 35.5. The summed E-state index contributed by atoms with van der Waals surface area (Å²) in [6, 6.07) is 8.64. The van der Waals surface area contributed by atoms with Crippen molar-refractivity contribution in [1.82, 2.24) is 0 Å². The fraction of sp³-hybridized carbons (Fsp3) is 0.462. The van der Waals surface area contributed by atoms with Gasteiger partial charge < -0.3 is 10.5 Å². The SMILES string of the molecule is CCOC(=O)Cl.NCC1Cc2ccccc2C1. The first-order chi connectivity index (χ1) is 8.17. The number of ether oxygens (including phenoxy) is 1. The molecule has 0 saturated heterocycles. The van der Waals surface area contributed by atoms with Gasteiger partial charge in [0.25, 0.3) is 0 Å². The van der Waals surface area contributed by atoms with Gasteiger partial charge in [0.15, 0.2) is 0 Å². The number of fused-ring (bicyclic) bond motifs is 1. The van der Waals surface area contributed by atoms with Gasteiger partial charge in [0.05, 0.1) is 6.61 Å². The lowest BCUT2D eigenvalue weighted by Crippen LogP contribution is -2.13. The second-order valence-electron chi connectivity index (χ2n) is 3.95. The lowest BCUT2D eigenvalue weighted by atomic mass is 10.1. The predicted molar refractivity (Wildman–Crippen MR) is 69.3 cm³/mol. The summed E-state index contributed by atoms with van der Waals surface area (Å²) in [5.74, 6) is 0.701. The number of hydrogen-bond acceptors (Lipinski definition) is 3. The van der Waals surface area contributed by atoms with Crippen molar-refractivity contribution in [3.8, 4) is 0 Å². The van der Waals surface area contributed by atoms with Crippen LogP contribution in [0.4, 0.5) is 4.79 Å². The lowest BCUT2D eigenvalue weighted by molar-refractivity contribution is 0.180. The van der Waals surface area contributed by atoms with E-state index in [1.54, 1.807) is 6.92 Å². The molecule has 0 spiro atoms. The average molecular weight is 256 g/mol. The summed E-state index contributed by atoms with van der Waals surface area (Å²) in [7, 11) is 0. The molecule has 17 heavy (non-hydrogen) atoms. The summed E-state index contributed by atoms with van der Waals surface area (Å²) in [4.78, 5) is 9.59. The smallest absolute Gasteiger partial charge is 0.403 e. The molecule has 0 bridgehead atoms. The van der Waals surface area contributed by atoms with Gasteiger partial charge in [0, 0.05) is 11.6 Å². The van der Waals surface area contributed by atoms with Gasteiger partial charge in [-0.1, -0.05) is 24.3 Å². The molecular formula is C13H18ClNO2. The molecule has 0 amide bonds. The van der Waals surface area contributed by atoms with Crippen LogP contribution >= 0.6 is 11.6 Å². The second kappa shape index (κ2) is 7.30. The molecule has 0 heterocycles. The summed E-state index contributed by atoms with van der Waals surface area (Å²) in [5, 5.41) is 0. The first-order valence-corrected chi connectivity index (χ1v) is 6.14. The van der Waals surface area contributed by atoms with Crippen LogP contribution in [-0.4, -0.2) is 18.6 Å². The quantitative estimate of drug-likeness (QED) is 0.827. The molecule has 1 aromatic carbocycles. The molecule has 1 aliphatic carbocycles. The zero-order valence-electron chi connectivity index (χ0n) is 9.99. The number of benzene rings is 1. The van der Waals surface area contributed by atoms with Gasteiger partial charge in [0.2, 0.25) is 0 Å². The van der Waals surface area contributed by atoms with Gasteiger partial charge in [-0.2, -0.15) is 0 Å². The molecule has 94 valence electrons. The van der Waals surface area contributed by atoms with E-state index in [0.29, 0.717) is 12.5 Å². The second-order valence-corrected chi connectivity index (χ2v) is 4.26. The molecule has 4 heteroatoms. The summed E-state index contributed by atoms with van der Waals surface area (Å²) in [5.41, 5.74) is 7.88. The minimum Gasteiger partial charge on any atom is -0.454 e. The Balaban J connectivity index is 0.000000209. The highest BCUT2D eigenvalue weighted by molar-refractivity contribution is 6.61. The standard InChI is InChI=1S/C10H13N.C3H5ClO2/c11-7-8-5-9-3-1-2-4-10(9)6-8;1-2-6-3(4)5/h1-4,8H,5-7,11H2;2H2,1H3. The molecule has 0 radical (unpaired) electrons. The number of carbonyl (C=O) groups excluding carboxylic acids is 1. The van der Waals surface area contributed by atoms with E-state index in [-0.39, 0.29) is 0 Å². The molecule has 0 aromatic heterocycles.